The van der Waals surface area contributed by atoms with Crippen molar-refractivity contribution < 1.29 is 5.11 Å². The van der Waals surface area contributed by atoms with E-state index in [-0.39, 0.29) is 5.75 Å². The van der Waals surface area contributed by atoms with E-state index in [0.717, 1.165) is 5.69 Å². The fourth-order valence-corrected chi connectivity index (χ4v) is 0.853. The summed E-state index contributed by atoms with van der Waals surface area (Å²) in [5, 5.41) is 10.6. The summed E-state index contributed by atoms with van der Waals surface area (Å²) in [7, 11) is 4.43. The van der Waals surface area contributed by atoms with Crippen molar-refractivity contribution in [1.82, 2.24) is 0 Å². The molecular formula is C7H9NOP-. The monoisotopic (exact) mass is 154 g/mol. The normalized spacial score (nSPS) is 9.40. The lowest BCUT2D eigenvalue weighted by Gasteiger charge is -2.13. The van der Waals surface area contributed by atoms with Crippen LogP contribution in [0.15, 0.2) is 24.3 Å². The van der Waals surface area contributed by atoms with Crippen molar-refractivity contribution in [3.63, 3.8) is 0 Å². The minimum Gasteiger partial charge on any atom is -0.872 e. The number of hydrogen-bond donors (Lipinski definition) is 0. The summed E-state index contributed by atoms with van der Waals surface area (Å²) in [6.07, 6.45) is 0. The Morgan fingerprint density at radius 3 is 2.20 bits per heavy atom. The molecule has 0 aliphatic heterocycles. The second kappa shape index (κ2) is 2.89. The third kappa shape index (κ3) is 1.61. The van der Waals surface area contributed by atoms with Crippen LogP contribution in [0.1, 0.15) is 0 Å². The van der Waals surface area contributed by atoms with Gasteiger partial charge in [-0.15, -0.1) is 5.75 Å². The predicted molar refractivity (Wildman–Crippen MR) is 44.0 cm³/mol. The molecule has 1 unspecified atom stereocenters. The molecule has 0 saturated carbocycles. The second-order valence-electron chi connectivity index (χ2n) is 2.10. The van der Waals surface area contributed by atoms with Crippen LogP contribution >= 0.6 is 9.39 Å². The van der Waals surface area contributed by atoms with E-state index in [4.69, 9.17) is 0 Å². The standard InChI is InChI=1S/C7H10NOP/c1-8(10)6-2-4-7(9)5-3-6/h2-5,9H,10H2,1H3/p-1. The molecule has 0 heterocycles. The maximum Gasteiger partial charge on any atom is 0.0391 e. The van der Waals surface area contributed by atoms with Gasteiger partial charge in [0.05, 0.1) is 0 Å². The zero-order chi connectivity index (χ0) is 7.56. The van der Waals surface area contributed by atoms with Crippen molar-refractivity contribution in [2.45, 2.75) is 0 Å². The number of anilines is 1. The van der Waals surface area contributed by atoms with Crippen molar-refractivity contribution in [2.75, 3.05) is 11.7 Å². The maximum atomic E-state index is 10.6. The molecule has 0 spiro atoms. The van der Waals surface area contributed by atoms with E-state index < -0.39 is 0 Å². The quantitative estimate of drug-likeness (QED) is 0.564. The molecule has 10 heavy (non-hydrogen) atoms. The first kappa shape index (κ1) is 7.36. The minimum atomic E-state index is 0.0515. The lowest BCUT2D eigenvalue weighted by Crippen LogP contribution is -1.99. The van der Waals surface area contributed by atoms with Crippen molar-refractivity contribution in [3.8, 4) is 5.75 Å². The molecule has 1 aromatic rings. The zero-order valence-electron chi connectivity index (χ0n) is 5.74. The number of benzene rings is 1. The Balaban J connectivity index is 2.89. The van der Waals surface area contributed by atoms with Crippen molar-refractivity contribution >= 4 is 15.1 Å². The van der Waals surface area contributed by atoms with Crippen LogP contribution in [0.25, 0.3) is 0 Å². The van der Waals surface area contributed by atoms with Gasteiger partial charge in [0.25, 0.3) is 0 Å². The molecule has 2 nitrogen and oxygen atoms in total. The smallest absolute Gasteiger partial charge is 0.0391 e. The van der Waals surface area contributed by atoms with Crippen LogP contribution in [0, 0.1) is 0 Å². The molecule has 0 aliphatic carbocycles. The van der Waals surface area contributed by atoms with Gasteiger partial charge in [-0.05, 0) is 21.5 Å². The van der Waals surface area contributed by atoms with Crippen LogP contribution in [0.4, 0.5) is 5.69 Å². The van der Waals surface area contributed by atoms with Crippen LogP contribution in [0.3, 0.4) is 0 Å². The van der Waals surface area contributed by atoms with Crippen LogP contribution in [0.5, 0.6) is 5.75 Å². The van der Waals surface area contributed by atoms with Gasteiger partial charge in [0.2, 0.25) is 0 Å². The summed E-state index contributed by atoms with van der Waals surface area (Å²) in [4.78, 5) is 0. The molecule has 0 fully saturated rings. The molecule has 0 bridgehead atoms. The molecular weight excluding hydrogens is 145 g/mol. The lowest BCUT2D eigenvalue weighted by molar-refractivity contribution is -0.268. The molecule has 54 valence electrons. The number of nitrogens with zero attached hydrogens (tertiary/aromatic N) is 1. The van der Waals surface area contributed by atoms with Gasteiger partial charge in [-0.3, -0.25) is 0 Å². The topological polar surface area (TPSA) is 26.3 Å². The molecule has 0 radical (unpaired) electrons. The molecule has 3 heteroatoms. The van der Waals surface area contributed by atoms with E-state index >= 15 is 0 Å². The van der Waals surface area contributed by atoms with E-state index in [9.17, 15) is 5.11 Å². The van der Waals surface area contributed by atoms with Gasteiger partial charge in [0.1, 0.15) is 0 Å². The Bertz CT molecular complexity index is 207. The lowest BCUT2D eigenvalue weighted by atomic mass is 10.3. The van der Waals surface area contributed by atoms with E-state index in [1.165, 1.54) is 0 Å². The fraction of sp³-hybridized carbons (Fsp3) is 0.143. The molecule has 1 rings (SSSR count). The number of rotatable bonds is 1. The zero-order valence-corrected chi connectivity index (χ0v) is 6.90. The molecule has 1 aromatic carbocycles. The van der Waals surface area contributed by atoms with Gasteiger partial charge in [-0.2, -0.15) is 0 Å². The van der Waals surface area contributed by atoms with Crippen LogP contribution < -0.4 is 9.78 Å². The third-order valence-electron chi connectivity index (χ3n) is 1.24. The summed E-state index contributed by atoms with van der Waals surface area (Å²) in [6, 6.07) is 6.68. The molecule has 0 amide bonds. The van der Waals surface area contributed by atoms with Crippen LogP contribution in [-0.4, -0.2) is 7.05 Å². The average molecular weight is 154 g/mol. The SMILES string of the molecule is CN(P)c1ccc([O-])cc1. The highest BCUT2D eigenvalue weighted by Crippen LogP contribution is 2.17. The fourth-order valence-electron chi connectivity index (χ4n) is 0.681. The van der Waals surface area contributed by atoms with Crippen molar-refractivity contribution in [1.29, 1.82) is 0 Å². The Morgan fingerprint density at radius 1 is 1.30 bits per heavy atom. The van der Waals surface area contributed by atoms with Gasteiger partial charge in [0.15, 0.2) is 0 Å². The van der Waals surface area contributed by atoms with E-state index in [2.05, 4.69) is 9.39 Å². The highest BCUT2D eigenvalue weighted by atomic mass is 31.0. The Kier molecular flexibility index (Phi) is 2.13. The summed E-state index contributed by atoms with van der Waals surface area (Å²) in [5.41, 5.74) is 1.02. The van der Waals surface area contributed by atoms with Crippen LogP contribution in [0.2, 0.25) is 0 Å². The first-order valence-electron chi connectivity index (χ1n) is 2.95. The summed E-state index contributed by atoms with van der Waals surface area (Å²) in [6.45, 7) is 0. The summed E-state index contributed by atoms with van der Waals surface area (Å²) < 4.78 is 1.87. The highest BCUT2D eigenvalue weighted by molar-refractivity contribution is 7.19. The Labute approximate surface area is 62.7 Å². The summed E-state index contributed by atoms with van der Waals surface area (Å²) in [5.74, 6) is 0.0515. The first-order valence-corrected chi connectivity index (χ1v) is 3.47. The molecule has 1 atom stereocenters. The van der Waals surface area contributed by atoms with Gasteiger partial charge >= 0.3 is 0 Å². The molecule has 0 aromatic heterocycles. The number of hydrogen-bond acceptors (Lipinski definition) is 2. The Hall–Kier alpha value is -0.750. The van der Waals surface area contributed by atoms with E-state index in [1.54, 1.807) is 24.3 Å². The van der Waals surface area contributed by atoms with Crippen molar-refractivity contribution in [2.24, 2.45) is 0 Å². The predicted octanol–water partition coefficient (Wildman–Crippen LogP) is 0.986. The van der Waals surface area contributed by atoms with Gasteiger partial charge < -0.3 is 9.78 Å². The third-order valence-corrected chi connectivity index (χ3v) is 1.54. The van der Waals surface area contributed by atoms with Gasteiger partial charge in [-0.25, -0.2) is 0 Å². The minimum absolute atomic E-state index is 0.0515. The average Bonchev–Trinajstić information content (AvgIpc) is 1.88. The van der Waals surface area contributed by atoms with E-state index in [1.807, 2.05) is 11.7 Å². The molecule has 0 N–H and O–H groups in total. The Morgan fingerprint density at radius 2 is 1.80 bits per heavy atom. The second-order valence-corrected chi connectivity index (χ2v) is 2.88. The van der Waals surface area contributed by atoms with Gasteiger partial charge in [-0.1, -0.05) is 12.1 Å². The van der Waals surface area contributed by atoms with Crippen LogP contribution in [-0.2, 0) is 0 Å². The summed E-state index contributed by atoms with van der Waals surface area (Å²) >= 11 is 0. The largest absolute Gasteiger partial charge is 0.872 e. The van der Waals surface area contributed by atoms with E-state index in [0.29, 0.717) is 0 Å². The van der Waals surface area contributed by atoms with Crippen molar-refractivity contribution in [3.05, 3.63) is 24.3 Å². The maximum absolute atomic E-state index is 10.6. The molecule has 0 aliphatic rings. The van der Waals surface area contributed by atoms with Gasteiger partial charge in [0, 0.05) is 12.7 Å². The highest BCUT2D eigenvalue weighted by Gasteiger charge is 1.89. The molecule has 0 saturated heterocycles. The first-order chi connectivity index (χ1) is 4.70.